The summed E-state index contributed by atoms with van der Waals surface area (Å²) < 4.78 is 23.8. The van der Waals surface area contributed by atoms with Gasteiger partial charge in [0.15, 0.2) is 0 Å². The Bertz CT molecular complexity index is 287. The van der Waals surface area contributed by atoms with E-state index in [9.17, 15) is 13.6 Å². The summed E-state index contributed by atoms with van der Waals surface area (Å²) in [5, 5.41) is 9.67. The lowest BCUT2D eigenvalue weighted by atomic mass is 10.4. The number of carboxylic acid groups (broad SMARTS) is 1. The van der Waals surface area contributed by atoms with Crippen LogP contribution in [-0.4, -0.2) is 16.1 Å². The van der Waals surface area contributed by atoms with Crippen LogP contribution < -0.4 is 0 Å². The molecule has 0 saturated heterocycles. The number of carbonyl (C=O) groups is 1. The lowest BCUT2D eigenvalue weighted by Gasteiger charge is -1.89. The topological polar surface area (TPSA) is 50.2 Å². The average molecular weight is 193 g/mol. The van der Waals surface area contributed by atoms with Crippen molar-refractivity contribution in [3.05, 3.63) is 16.1 Å². The summed E-state index contributed by atoms with van der Waals surface area (Å²) in [6, 6.07) is 0. The van der Waals surface area contributed by atoms with Crippen LogP contribution in [0.3, 0.4) is 0 Å². The lowest BCUT2D eigenvalue weighted by Crippen LogP contribution is -1.99. The highest BCUT2D eigenvalue weighted by Gasteiger charge is 2.12. The van der Waals surface area contributed by atoms with Gasteiger partial charge in [0, 0.05) is 5.38 Å². The highest BCUT2D eigenvalue weighted by atomic mass is 32.1. The summed E-state index contributed by atoms with van der Waals surface area (Å²) in [4.78, 5) is 13.6. The largest absolute Gasteiger partial charge is 0.481 e. The molecule has 1 aromatic rings. The lowest BCUT2D eigenvalue weighted by molar-refractivity contribution is -0.136. The van der Waals surface area contributed by atoms with Crippen LogP contribution in [-0.2, 0) is 11.2 Å². The van der Waals surface area contributed by atoms with Crippen molar-refractivity contribution in [1.82, 2.24) is 4.98 Å². The normalized spacial score (nSPS) is 10.6. The summed E-state index contributed by atoms with van der Waals surface area (Å²) >= 11 is 0.934. The molecule has 0 spiro atoms. The van der Waals surface area contributed by atoms with Crippen LogP contribution in [0.2, 0.25) is 0 Å². The molecule has 3 nitrogen and oxygen atoms in total. The minimum atomic E-state index is -2.62. The summed E-state index contributed by atoms with van der Waals surface area (Å²) in [5.41, 5.74) is -0.351. The molecule has 6 heteroatoms. The van der Waals surface area contributed by atoms with Gasteiger partial charge in [-0.25, -0.2) is 13.8 Å². The van der Waals surface area contributed by atoms with Gasteiger partial charge in [0.1, 0.15) is 10.7 Å². The number of alkyl halides is 2. The van der Waals surface area contributed by atoms with E-state index in [4.69, 9.17) is 5.11 Å². The molecule has 0 radical (unpaired) electrons. The van der Waals surface area contributed by atoms with Crippen LogP contribution in [0.25, 0.3) is 0 Å². The average Bonchev–Trinajstić information content (AvgIpc) is 2.34. The van der Waals surface area contributed by atoms with Crippen molar-refractivity contribution in [2.45, 2.75) is 12.8 Å². The Morgan fingerprint density at radius 3 is 2.83 bits per heavy atom. The predicted octanol–water partition coefficient (Wildman–Crippen LogP) is 1.71. The third-order valence-corrected chi connectivity index (χ3v) is 1.96. The smallest absolute Gasteiger partial charge is 0.310 e. The van der Waals surface area contributed by atoms with Gasteiger partial charge in [-0.1, -0.05) is 0 Å². The Kier molecular flexibility index (Phi) is 2.69. The second-order valence-corrected chi connectivity index (χ2v) is 2.98. The molecule has 0 atom stereocenters. The number of hydrogen-bond donors (Lipinski definition) is 1. The molecule has 0 aromatic carbocycles. The van der Waals surface area contributed by atoms with Crippen LogP contribution in [0.15, 0.2) is 5.38 Å². The van der Waals surface area contributed by atoms with Gasteiger partial charge in [-0.05, 0) is 0 Å². The molecule has 0 fully saturated rings. The van der Waals surface area contributed by atoms with Gasteiger partial charge in [0.05, 0.1) is 6.42 Å². The number of rotatable bonds is 3. The summed E-state index contributed by atoms with van der Waals surface area (Å²) in [6.45, 7) is 0. The number of thiazole rings is 1. The van der Waals surface area contributed by atoms with E-state index in [-0.39, 0.29) is 17.1 Å². The highest BCUT2D eigenvalue weighted by Crippen LogP contribution is 2.20. The minimum Gasteiger partial charge on any atom is -0.481 e. The van der Waals surface area contributed by atoms with Gasteiger partial charge in [0.25, 0.3) is 6.43 Å². The molecular weight excluding hydrogens is 188 g/mol. The summed E-state index contributed by atoms with van der Waals surface area (Å²) in [5.74, 6) is -1.06. The molecule has 0 amide bonds. The second kappa shape index (κ2) is 3.57. The SMILES string of the molecule is O=C(O)Cc1nc(C(F)F)cs1. The van der Waals surface area contributed by atoms with Gasteiger partial charge >= 0.3 is 5.97 Å². The number of aliphatic carboxylic acids is 1. The molecule has 0 aliphatic rings. The van der Waals surface area contributed by atoms with Gasteiger partial charge < -0.3 is 5.11 Å². The van der Waals surface area contributed by atoms with E-state index in [1.54, 1.807) is 0 Å². The summed E-state index contributed by atoms with van der Waals surface area (Å²) in [7, 11) is 0. The second-order valence-electron chi connectivity index (χ2n) is 2.04. The number of halogens is 2. The molecule has 0 unspecified atom stereocenters. The fourth-order valence-corrected chi connectivity index (χ4v) is 1.41. The van der Waals surface area contributed by atoms with Crippen molar-refractivity contribution in [1.29, 1.82) is 0 Å². The number of aromatic nitrogens is 1. The van der Waals surface area contributed by atoms with Crippen molar-refractivity contribution >= 4 is 17.3 Å². The molecule has 12 heavy (non-hydrogen) atoms. The zero-order chi connectivity index (χ0) is 9.14. The Morgan fingerprint density at radius 1 is 1.75 bits per heavy atom. The first-order chi connectivity index (χ1) is 5.59. The molecule has 1 rings (SSSR count). The van der Waals surface area contributed by atoms with Gasteiger partial charge in [-0.2, -0.15) is 0 Å². The van der Waals surface area contributed by atoms with Crippen molar-refractivity contribution in [2.24, 2.45) is 0 Å². The minimum absolute atomic E-state index is 0.206. The van der Waals surface area contributed by atoms with Crippen LogP contribution in [0.1, 0.15) is 17.1 Å². The first-order valence-electron chi connectivity index (χ1n) is 3.04. The monoisotopic (exact) mass is 193 g/mol. The van der Waals surface area contributed by atoms with E-state index >= 15 is 0 Å². The first-order valence-corrected chi connectivity index (χ1v) is 3.92. The molecule has 0 saturated carbocycles. The molecule has 1 N–H and O–H groups in total. The van der Waals surface area contributed by atoms with Crippen molar-refractivity contribution in [3.63, 3.8) is 0 Å². The van der Waals surface area contributed by atoms with Crippen molar-refractivity contribution < 1.29 is 18.7 Å². The fourth-order valence-electron chi connectivity index (χ4n) is 0.636. The number of nitrogens with zero attached hydrogens (tertiary/aromatic N) is 1. The maximum atomic E-state index is 11.9. The van der Waals surface area contributed by atoms with E-state index in [1.807, 2.05) is 0 Å². The van der Waals surface area contributed by atoms with Crippen LogP contribution in [0.4, 0.5) is 8.78 Å². The predicted molar refractivity (Wildman–Crippen MR) is 38.4 cm³/mol. The standard InChI is InChI=1S/C6H5F2NO2S/c7-6(8)3-2-12-4(9-3)1-5(10)11/h2,6H,1H2,(H,10,11). The van der Waals surface area contributed by atoms with E-state index in [0.29, 0.717) is 0 Å². The van der Waals surface area contributed by atoms with Gasteiger partial charge in [-0.3, -0.25) is 4.79 Å². The van der Waals surface area contributed by atoms with E-state index in [0.717, 1.165) is 11.3 Å². The van der Waals surface area contributed by atoms with Gasteiger partial charge in [-0.15, -0.1) is 11.3 Å². The van der Waals surface area contributed by atoms with E-state index < -0.39 is 12.4 Å². The highest BCUT2D eigenvalue weighted by molar-refractivity contribution is 7.09. The fraction of sp³-hybridized carbons (Fsp3) is 0.333. The first kappa shape index (κ1) is 9.05. The molecule has 0 aliphatic carbocycles. The Hall–Kier alpha value is -1.04. The van der Waals surface area contributed by atoms with Crippen molar-refractivity contribution in [2.75, 3.05) is 0 Å². The molecule has 0 aliphatic heterocycles. The van der Waals surface area contributed by atoms with Gasteiger partial charge in [0.2, 0.25) is 0 Å². The third-order valence-electron chi connectivity index (χ3n) is 1.10. The zero-order valence-electron chi connectivity index (χ0n) is 5.83. The zero-order valence-corrected chi connectivity index (χ0v) is 6.65. The van der Waals surface area contributed by atoms with E-state index in [1.165, 1.54) is 5.38 Å². The number of hydrogen-bond acceptors (Lipinski definition) is 3. The summed E-state index contributed by atoms with van der Waals surface area (Å²) in [6.07, 6.45) is -2.92. The molecule has 0 bridgehead atoms. The maximum absolute atomic E-state index is 11.9. The van der Waals surface area contributed by atoms with Crippen LogP contribution in [0, 0.1) is 0 Å². The number of carboxylic acids is 1. The third kappa shape index (κ3) is 2.23. The molecule has 66 valence electrons. The quantitative estimate of drug-likeness (QED) is 0.794. The van der Waals surface area contributed by atoms with Crippen LogP contribution >= 0.6 is 11.3 Å². The molecule has 1 heterocycles. The molecular formula is C6H5F2NO2S. The van der Waals surface area contributed by atoms with E-state index in [2.05, 4.69) is 4.98 Å². The molecule has 1 aromatic heterocycles. The maximum Gasteiger partial charge on any atom is 0.310 e. The Morgan fingerprint density at radius 2 is 2.42 bits per heavy atom. The Labute approximate surface area is 70.7 Å². The van der Waals surface area contributed by atoms with Crippen molar-refractivity contribution in [3.8, 4) is 0 Å². The van der Waals surface area contributed by atoms with Crippen LogP contribution in [0.5, 0.6) is 0 Å². The Balaban J connectivity index is 2.70.